The van der Waals surface area contributed by atoms with Crippen LogP contribution in [0.5, 0.6) is 0 Å². The summed E-state index contributed by atoms with van der Waals surface area (Å²) in [6.07, 6.45) is 3.76. The number of aryl methyl sites for hydroxylation is 1. The third kappa shape index (κ3) is 2.31. The summed E-state index contributed by atoms with van der Waals surface area (Å²) in [7, 11) is 1.86. The van der Waals surface area contributed by atoms with Crippen molar-refractivity contribution in [3.05, 3.63) is 46.5 Å². The molecule has 3 aromatic heterocycles. The summed E-state index contributed by atoms with van der Waals surface area (Å²) in [4.78, 5) is 5.52. The first kappa shape index (κ1) is 12.9. The predicted molar refractivity (Wildman–Crippen MR) is 85.0 cm³/mol. The lowest BCUT2D eigenvalue weighted by Crippen LogP contribution is -1.89. The first-order valence-electron chi connectivity index (χ1n) is 6.65. The van der Waals surface area contributed by atoms with Crippen molar-refractivity contribution in [2.45, 2.75) is 0 Å². The third-order valence-corrected chi connectivity index (χ3v) is 4.08. The highest BCUT2D eigenvalue weighted by molar-refractivity contribution is 7.10. The standard InChI is InChI=1S/C15H11N5OS/c1-20-13-6-4-10(9-12(13)17-19-20)15-16-14(21-18-15)7-5-11-3-2-8-22-11/h2-9H,1H3/b7-5+. The Kier molecular flexibility index (Phi) is 3.05. The summed E-state index contributed by atoms with van der Waals surface area (Å²) >= 11 is 1.65. The van der Waals surface area contributed by atoms with Gasteiger partial charge < -0.3 is 4.52 Å². The van der Waals surface area contributed by atoms with Gasteiger partial charge in [-0.2, -0.15) is 4.98 Å². The number of nitrogens with zero attached hydrogens (tertiary/aromatic N) is 5. The van der Waals surface area contributed by atoms with E-state index in [1.807, 2.05) is 54.9 Å². The topological polar surface area (TPSA) is 69.6 Å². The Hall–Kier alpha value is -2.80. The summed E-state index contributed by atoms with van der Waals surface area (Å²) in [5.74, 6) is 1.01. The highest BCUT2D eigenvalue weighted by Gasteiger charge is 2.09. The van der Waals surface area contributed by atoms with Crippen LogP contribution in [0.15, 0.2) is 40.2 Å². The highest BCUT2D eigenvalue weighted by Crippen LogP contribution is 2.21. The average molecular weight is 309 g/mol. The molecule has 0 N–H and O–H groups in total. The van der Waals surface area contributed by atoms with Gasteiger partial charge in [0, 0.05) is 23.6 Å². The van der Waals surface area contributed by atoms with Gasteiger partial charge in [-0.25, -0.2) is 4.68 Å². The Labute approximate surface area is 129 Å². The molecule has 1 aromatic carbocycles. The molecule has 0 saturated heterocycles. The average Bonchev–Trinajstić information content (AvgIpc) is 3.26. The van der Waals surface area contributed by atoms with E-state index in [2.05, 4.69) is 20.5 Å². The van der Waals surface area contributed by atoms with Crippen molar-refractivity contribution in [2.24, 2.45) is 7.05 Å². The van der Waals surface area contributed by atoms with Crippen LogP contribution < -0.4 is 0 Å². The molecule has 3 heterocycles. The van der Waals surface area contributed by atoms with Gasteiger partial charge in [0.05, 0.1) is 5.52 Å². The van der Waals surface area contributed by atoms with Crippen LogP contribution in [0.4, 0.5) is 0 Å². The molecule has 0 atom stereocenters. The molecule has 0 saturated carbocycles. The number of benzene rings is 1. The van der Waals surface area contributed by atoms with E-state index in [0.717, 1.165) is 21.5 Å². The quantitative estimate of drug-likeness (QED) is 0.581. The molecule has 6 nitrogen and oxygen atoms in total. The maximum atomic E-state index is 5.25. The van der Waals surface area contributed by atoms with Crippen molar-refractivity contribution in [3.8, 4) is 11.4 Å². The van der Waals surface area contributed by atoms with Gasteiger partial charge in [0.1, 0.15) is 5.52 Å². The number of rotatable bonds is 3. The van der Waals surface area contributed by atoms with Crippen LogP contribution >= 0.6 is 11.3 Å². The summed E-state index contributed by atoms with van der Waals surface area (Å²) in [5.41, 5.74) is 2.62. The SMILES string of the molecule is Cn1nnc2cc(-c3noc(/C=C/c4cccs4)n3)ccc21. The molecule has 0 aliphatic carbocycles. The number of aromatic nitrogens is 5. The summed E-state index contributed by atoms with van der Waals surface area (Å²) in [6, 6.07) is 9.81. The molecule has 0 amide bonds. The molecule has 0 radical (unpaired) electrons. The molecule has 4 aromatic rings. The largest absolute Gasteiger partial charge is 0.334 e. The Balaban J connectivity index is 1.64. The van der Waals surface area contributed by atoms with E-state index < -0.39 is 0 Å². The smallest absolute Gasteiger partial charge is 0.250 e. The maximum absolute atomic E-state index is 5.25. The highest BCUT2D eigenvalue weighted by atomic mass is 32.1. The van der Waals surface area contributed by atoms with E-state index in [0.29, 0.717) is 11.7 Å². The van der Waals surface area contributed by atoms with Gasteiger partial charge in [-0.05, 0) is 35.7 Å². The molecule has 0 bridgehead atoms. The van der Waals surface area contributed by atoms with Crippen molar-refractivity contribution >= 4 is 34.5 Å². The minimum atomic E-state index is 0.475. The van der Waals surface area contributed by atoms with Gasteiger partial charge in [0.2, 0.25) is 5.82 Å². The van der Waals surface area contributed by atoms with Crippen molar-refractivity contribution in [2.75, 3.05) is 0 Å². The van der Waals surface area contributed by atoms with Crippen molar-refractivity contribution in [3.63, 3.8) is 0 Å². The van der Waals surface area contributed by atoms with Crippen LogP contribution in [0.25, 0.3) is 34.6 Å². The third-order valence-electron chi connectivity index (χ3n) is 3.24. The van der Waals surface area contributed by atoms with E-state index in [9.17, 15) is 0 Å². The Morgan fingerprint density at radius 1 is 1.23 bits per heavy atom. The van der Waals surface area contributed by atoms with Crippen LogP contribution in [0, 0.1) is 0 Å². The molecular weight excluding hydrogens is 298 g/mol. The zero-order chi connectivity index (χ0) is 14.9. The zero-order valence-corrected chi connectivity index (χ0v) is 12.5. The molecule has 0 aliphatic rings. The van der Waals surface area contributed by atoms with E-state index in [1.54, 1.807) is 16.0 Å². The van der Waals surface area contributed by atoms with Crippen molar-refractivity contribution in [1.82, 2.24) is 25.1 Å². The number of hydrogen-bond donors (Lipinski definition) is 0. The molecule has 7 heteroatoms. The number of fused-ring (bicyclic) bond motifs is 1. The summed E-state index contributed by atoms with van der Waals surface area (Å²) in [6.45, 7) is 0. The molecular formula is C15H11N5OS. The van der Waals surface area contributed by atoms with Gasteiger partial charge in [-0.1, -0.05) is 16.4 Å². The van der Waals surface area contributed by atoms with E-state index in [1.165, 1.54) is 0 Å². The lowest BCUT2D eigenvalue weighted by molar-refractivity contribution is 0.411. The van der Waals surface area contributed by atoms with Gasteiger partial charge >= 0.3 is 0 Å². The van der Waals surface area contributed by atoms with Crippen LogP contribution in [0.2, 0.25) is 0 Å². The maximum Gasteiger partial charge on any atom is 0.250 e. The van der Waals surface area contributed by atoms with Crippen LogP contribution in [-0.4, -0.2) is 25.1 Å². The fourth-order valence-electron chi connectivity index (χ4n) is 2.14. The Bertz CT molecular complexity index is 952. The second kappa shape index (κ2) is 5.19. The Morgan fingerprint density at radius 2 is 2.18 bits per heavy atom. The molecule has 0 unspecified atom stereocenters. The molecule has 108 valence electrons. The van der Waals surface area contributed by atoms with Gasteiger partial charge in [-0.15, -0.1) is 16.4 Å². The van der Waals surface area contributed by atoms with E-state index in [-0.39, 0.29) is 0 Å². The predicted octanol–water partition coefficient (Wildman–Crippen LogP) is 3.25. The second-order valence-corrected chi connectivity index (χ2v) is 5.70. The lowest BCUT2D eigenvalue weighted by Gasteiger charge is -1.94. The molecule has 0 aliphatic heterocycles. The first-order valence-corrected chi connectivity index (χ1v) is 7.53. The fourth-order valence-corrected chi connectivity index (χ4v) is 2.76. The minimum Gasteiger partial charge on any atom is -0.334 e. The summed E-state index contributed by atoms with van der Waals surface area (Å²) < 4.78 is 6.98. The van der Waals surface area contributed by atoms with E-state index >= 15 is 0 Å². The Morgan fingerprint density at radius 3 is 3.05 bits per heavy atom. The molecule has 0 spiro atoms. The number of thiophene rings is 1. The van der Waals surface area contributed by atoms with Gasteiger partial charge in [0.15, 0.2) is 0 Å². The number of hydrogen-bond acceptors (Lipinski definition) is 6. The van der Waals surface area contributed by atoms with Gasteiger partial charge in [0.25, 0.3) is 5.89 Å². The van der Waals surface area contributed by atoms with Crippen LogP contribution in [-0.2, 0) is 7.05 Å². The van der Waals surface area contributed by atoms with Gasteiger partial charge in [-0.3, -0.25) is 0 Å². The van der Waals surface area contributed by atoms with Crippen LogP contribution in [0.1, 0.15) is 10.8 Å². The fraction of sp³-hybridized carbons (Fsp3) is 0.0667. The lowest BCUT2D eigenvalue weighted by atomic mass is 10.2. The molecule has 22 heavy (non-hydrogen) atoms. The van der Waals surface area contributed by atoms with Crippen molar-refractivity contribution < 1.29 is 4.52 Å². The zero-order valence-electron chi connectivity index (χ0n) is 11.7. The van der Waals surface area contributed by atoms with Crippen molar-refractivity contribution in [1.29, 1.82) is 0 Å². The monoisotopic (exact) mass is 309 g/mol. The first-order chi connectivity index (χ1) is 10.8. The molecule has 4 rings (SSSR count). The summed E-state index contributed by atoms with van der Waals surface area (Å²) in [5, 5.41) is 14.1. The second-order valence-electron chi connectivity index (χ2n) is 4.72. The molecule has 0 fully saturated rings. The van der Waals surface area contributed by atoms with Crippen LogP contribution in [0.3, 0.4) is 0 Å². The van der Waals surface area contributed by atoms with E-state index in [4.69, 9.17) is 4.52 Å². The normalized spacial score (nSPS) is 11.7. The minimum absolute atomic E-state index is 0.475.